The van der Waals surface area contributed by atoms with Crippen LogP contribution in [0.3, 0.4) is 0 Å². The maximum absolute atomic E-state index is 15.1. The summed E-state index contributed by atoms with van der Waals surface area (Å²) in [5, 5.41) is 19.8. The molecule has 0 bridgehead atoms. The van der Waals surface area contributed by atoms with Crippen LogP contribution in [0.1, 0.15) is 44.7 Å². The molecule has 0 saturated heterocycles. The number of aromatic hydroxyl groups is 1. The number of carboxylic acids is 1. The Morgan fingerprint density at radius 2 is 1.84 bits per heavy atom. The topological polar surface area (TPSA) is 79.7 Å². The smallest absolute Gasteiger partial charge is 0.306 e. The van der Waals surface area contributed by atoms with Crippen LogP contribution < -0.4 is 4.74 Å². The van der Waals surface area contributed by atoms with Gasteiger partial charge in [-0.3, -0.25) is 4.79 Å². The second-order valence-electron chi connectivity index (χ2n) is 8.25. The third kappa shape index (κ3) is 3.92. The predicted molar refractivity (Wildman–Crippen MR) is 112 cm³/mol. The van der Waals surface area contributed by atoms with E-state index in [2.05, 4.69) is 4.98 Å². The summed E-state index contributed by atoms with van der Waals surface area (Å²) in [5.41, 5.74) is 1.96. The normalized spacial score (nSPS) is 18.6. The number of fused-ring (bicyclic) bond motifs is 1. The minimum atomic E-state index is -0.873. The average Bonchev–Trinajstić information content (AvgIpc) is 3.20. The number of aliphatic carboxylic acids is 1. The fraction of sp³-hybridized carbons (Fsp3) is 0.333. The first kappa shape index (κ1) is 21.0. The summed E-state index contributed by atoms with van der Waals surface area (Å²) < 4.78 is 34.6. The zero-order valence-corrected chi connectivity index (χ0v) is 17.2. The fourth-order valence-corrected chi connectivity index (χ4v) is 4.19. The highest BCUT2D eigenvalue weighted by Crippen LogP contribution is 2.42. The van der Waals surface area contributed by atoms with Crippen molar-refractivity contribution in [3.63, 3.8) is 0 Å². The van der Waals surface area contributed by atoms with Gasteiger partial charge in [-0.25, -0.2) is 13.8 Å². The van der Waals surface area contributed by atoms with Crippen LogP contribution in [-0.2, 0) is 4.79 Å². The Hall–Kier alpha value is -3.22. The third-order valence-corrected chi connectivity index (χ3v) is 5.77. The molecule has 7 heteroatoms. The van der Waals surface area contributed by atoms with Gasteiger partial charge in [0.1, 0.15) is 11.9 Å². The molecule has 1 aliphatic carbocycles. The number of rotatable bonds is 5. The summed E-state index contributed by atoms with van der Waals surface area (Å²) in [4.78, 5) is 15.9. The Morgan fingerprint density at radius 3 is 2.45 bits per heavy atom. The number of hydrogen-bond donors (Lipinski definition) is 2. The standard InChI is InChI=1S/C24H23F2NO4/c1-12(2)22-19(13-3-6-15(25)7-4-13)17-9-10-18(28)21(26)20(17)23(27-22)31-16-8-5-14(11-16)24(29)30/h3-4,6-7,9-10,12,14,16,28H,5,8,11H2,1-2H3,(H,29,30)/t14-,16?/m0/s1. The van der Waals surface area contributed by atoms with Crippen LogP contribution in [0, 0.1) is 17.6 Å². The number of hydrogen-bond acceptors (Lipinski definition) is 4. The van der Waals surface area contributed by atoms with E-state index < -0.39 is 29.6 Å². The van der Waals surface area contributed by atoms with E-state index in [1.165, 1.54) is 18.2 Å². The van der Waals surface area contributed by atoms with Gasteiger partial charge in [0.05, 0.1) is 17.0 Å². The van der Waals surface area contributed by atoms with Gasteiger partial charge >= 0.3 is 5.97 Å². The third-order valence-electron chi connectivity index (χ3n) is 5.77. The number of pyridine rings is 1. The molecule has 4 rings (SSSR count). The molecule has 1 aromatic heterocycles. The number of halogens is 2. The van der Waals surface area contributed by atoms with Crippen LogP contribution in [0.15, 0.2) is 36.4 Å². The first-order valence-electron chi connectivity index (χ1n) is 10.3. The molecule has 0 radical (unpaired) electrons. The molecule has 31 heavy (non-hydrogen) atoms. The predicted octanol–water partition coefficient (Wildman–Crippen LogP) is 5.64. The van der Waals surface area contributed by atoms with Crippen LogP contribution in [0.25, 0.3) is 21.9 Å². The Kier molecular flexibility index (Phi) is 5.52. The van der Waals surface area contributed by atoms with Crippen molar-refractivity contribution in [1.82, 2.24) is 4.98 Å². The Morgan fingerprint density at radius 1 is 1.13 bits per heavy atom. The van der Waals surface area contributed by atoms with Crippen LogP contribution in [0.4, 0.5) is 8.78 Å². The monoisotopic (exact) mass is 427 g/mol. The molecule has 0 aliphatic heterocycles. The fourth-order valence-electron chi connectivity index (χ4n) is 4.19. The molecule has 1 saturated carbocycles. The van der Waals surface area contributed by atoms with Gasteiger partial charge in [-0.2, -0.15) is 0 Å². The highest BCUT2D eigenvalue weighted by Gasteiger charge is 2.32. The van der Waals surface area contributed by atoms with E-state index in [1.54, 1.807) is 18.2 Å². The molecule has 2 atom stereocenters. The minimum absolute atomic E-state index is 0.0301. The zero-order chi connectivity index (χ0) is 22.3. The maximum Gasteiger partial charge on any atom is 0.306 e. The van der Waals surface area contributed by atoms with Crippen LogP contribution in [0.2, 0.25) is 0 Å². The van der Waals surface area contributed by atoms with E-state index in [1.807, 2.05) is 13.8 Å². The van der Waals surface area contributed by atoms with Gasteiger partial charge in [0.15, 0.2) is 11.6 Å². The quantitative estimate of drug-likeness (QED) is 0.551. The molecular formula is C24H23F2NO4. The van der Waals surface area contributed by atoms with Crippen molar-refractivity contribution < 1.29 is 28.5 Å². The van der Waals surface area contributed by atoms with Gasteiger partial charge in [-0.05, 0) is 60.4 Å². The Labute approximate surface area is 178 Å². The van der Waals surface area contributed by atoms with Gasteiger partial charge in [-0.1, -0.05) is 26.0 Å². The van der Waals surface area contributed by atoms with Gasteiger partial charge in [0.25, 0.3) is 0 Å². The van der Waals surface area contributed by atoms with Crippen molar-refractivity contribution in [2.75, 3.05) is 0 Å². The first-order chi connectivity index (χ1) is 14.8. The summed E-state index contributed by atoms with van der Waals surface area (Å²) >= 11 is 0. The molecule has 0 amide bonds. The van der Waals surface area contributed by atoms with E-state index in [-0.39, 0.29) is 23.0 Å². The lowest BCUT2D eigenvalue weighted by atomic mass is 9.92. The molecular weight excluding hydrogens is 404 g/mol. The van der Waals surface area contributed by atoms with Crippen molar-refractivity contribution in [3.05, 3.63) is 53.7 Å². The molecule has 162 valence electrons. The summed E-state index contributed by atoms with van der Waals surface area (Å²) in [6, 6.07) is 8.75. The molecule has 2 N–H and O–H groups in total. The van der Waals surface area contributed by atoms with E-state index in [9.17, 15) is 19.4 Å². The van der Waals surface area contributed by atoms with Gasteiger partial charge in [-0.15, -0.1) is 0 Å². The SMILES string of the molecule is CC(C)c1nc(OC2CC[C@H](C(=O)O)C2)c2c(F)c(O)ccc2c1-c1ccc(F)cc1. The van der Waals surface area contributed by atoms with Crippen molar-refractivity contribution in [1.29, 1.82) is 0 Å². The lowest BCUT2D eigenvalue weighted by Crippen LogP contribution is -2.17. The van der Waals surface area contributed by atoms with Gasteiger partial charge < -0.3 is 14.9 Å². The second kappa shape index (κ2) is 8.13. The van der Waals surface area contributed by atoms with Crippen molar-refractivity contribution in [2.24, 2.45) is 5.92 Å². The minimum Gasteiger partial charge on any atom is -0.505 e. The van der Waals surface area contributed by atoms with Crippen molar-refractivity contribution in [3.8, 4) is 22.8 Å². The molecule has 5 nitrogen and oxygen atoms in total. The maximum atomic E-state index is 15.1. The van der Waals surface area contributed by atoms with Crippen molar-refractivity contribution in [2.45, 2.75) is 45.1 Å². The van der Waals surface area contributed by atoms with E-state index in [4.69, 9.17) is 4.74 Å². The highest BCUT2D eigenvalue weighted by atomic mass is 19.1. The Bertz CT molecular complexity index is 1140. The number of phenolic OH excluding ortho intramolecular Hbond substituents is 1. The highest BCUT2D eigenvalue weighted by molar-refractivity contribution is 6.01. The molecule has 2 aromatic carbocycles. The lowest BCUT2D eigenvalue weighted by Gasteiger charge is -2.21. The van der Waals surface area contributed by atoms with E-state index in [0.717, 1.165) is 0 Å². The molecule has 1 aliphatic rings. The molecule has 0 spiro atoms. The van der Waals surface area contributed by atoms with Crippen molar-refractivity contribution >= 4 is 16.7 Å². The van der Waals surface area contributed by atoms with E-state index in [0.29, 0.717) is 41.5 Å². The second-order valence-corrected chi connectivity index (χ2v) is 8.25. The van der Waals surface area contributed by atoms with Crippen LogP contribution in [0.5, 0.6) is 11.6 Å². The first-order valence-corrected chi connectivity index (χ1v) is 10.3. The number of nitrogens with zero attached hydrogens (tertiary/aromatic N) is 1. The number of benzene rings is 2. The lowest BCUT2D eigenvalue weighted by molar-refractivity contribution is -0.141. The summed E-state index contributed by atoms with van der Waals surface area (Å²) in [6.07, 6.45) is 0.916. The van der Waals surface area contributed by atoms with Crippen LogP contribution >= 0.6 is 0 Å². The number of carboxylic acid groups (broad SMARTS) is 1. The van der Waals surface area contributed by atoms with E-state index >= 15 is 4.39 Å². The summed E-state index contributed by atoms with van der Waals surface area (Å²) in [6.45, 7) is 3.88. The molecule has 1 heterocycles. The number of aromatic nitrogens is 1. The zero-order valence-electron chi connectivity index (χ0n) is 17.2. The molecule has 3 aromatic rings. The summed E-state index contributed by atoms with van der Waals surface area (Å²) in [5.74, 6) is -3.17. The van der Waals surface area contributed by atoms with Crippen LogP contribution in [-0.4, -0.2) is 27.3 Å². The molecule has 1 unspecified atom stereocenters. The Balaban J connectivity index is 1.91. The number of carbonyl (C=O) groups is 1. The van der Waals surface area contributed by atoms with Gasteiger partial charge in [0, 0.05) is 5.56 Å². The van der Waals surface area contributed by atoms with Gasteiger partial charge in [0.2, 0.25) is 5.88 Å². The largest absolute Gasteiger partial charge is 0.505 e. The molecule has 1 fully saturated rings. The summed E-state index contributed by atoms with van der Waals surface area (Å²) in [7, 11) is 0. The number of ether oxygens (including phenoxy) is 1. The number of phenols is 1. The average molecular weight is 427 g/mol.